The molecular formula is C14H20FN3. The number of nitrogens with zero attached hydrogens (tertiary/aromatic N) is 2. The summed E-state index contributed by atoms with van der Waals surface area (Å²) in [5.74, 6) is 0.556. The van der Waals surface area contributed by atoms with E-state index in [1.54, 1.807) is 6.07 Å². The fourth-order valence-electron chi connectivity index (χ4n) is 2.32. The Morgan fingerprint density at radius 2 is 1.89 bits per heavy atom. The van der Waals surface area contributed by atoms with Gasteiger partial charge >= 0.3 is 0 Å². The summed E-state index contributed by atoms with van der Waals surface area (Å²) in [6.45, 7) is 5.28. The Hall–Kier alpha value is -1.58. The third-order valence-corrected chi connectivity index (χ3v) is 3.34. The number of halogens is 1. The normalized spacial score (nSPS) is 15.9. The number of hydrogen-bond acceptors (Lipinski definition) is 2. The molecule has 1 aliphatic rings. The molecule has 0 saturated carbocycles. The van der Waals surface area contributed by atoms with E-state index in [2.05, 4.69) is 16.7 Å². The highest BCUT2D eigenvalue weighted by Gasteiger charge is 2.20. The van der Waals surface area contributed by atoms with Crippen molar-refractivity contribution in [1.82, 2.24) is 4.90 Å². The van der Waals surface area contributed by atoms with Crippen molar-refractivity contribution in [2.24, 2.45) is 0 Å². The molecule has 1 aromatic carbocycles. The van der Waals surface area contributed by atoms with E-state index in [0.29, 0.717) is 11.5 Å². The molecule has 4 heteroatoms. The summed E-state index contributed by atoms with van der Waals surface area (Å²) >= 11 is 0. The molecule has 0 spiro atoms. The second-order valence-electron chi connectivity index (χ2n) is 4.62. The van der Waals surface area contributed by atoms with Crippen molar-refractivity contribution in [2.75, 3.05) is 31.1 Å². The van der Waals surface area contributed by atoms with E-state index < -0.39 is 0 Å². The standard InChI is InChI=1S/C14H20FN3/c1-2-5-14(16)18-10-8-17(9-11-18)13-7-4-3-6-12(13)15/h3-4,6-7,16H,2,5,8-11H2,1H3. The second-order valence-corrected chi connectivity index (χ2v) is 4.62. The van der Waals surface area contributed by atoms with Gasteiger partial charge in [-0.25, -0.2) is 4.39 Å². The first-order chi connectivity index (χ1) is 8.72. The molecule has 0 aromatic heterocycles. The van der Waals surface area contributed by atoms with Crippen molar-refractivity contribution in [3.63, 3.8) is 0 Å². The summed E-state index contributed by atoms with van der Waals surface area (Å²) in [6, 6.07) is 6.90. The SMILES string of the molecule is CCCC(=N)N1CCN(c2ccccc2F)CC1. The van der Waals surface area contributed by atoms with E-state index in [-0.39, 0.29) is 5.82 Å². The van der Waals surface area contributed by atoms with Gasteiger partial charge in [0.15, 0.2) is 0 Å². The van der Waals surface area contributed by atoms with Crippen LogP contribution < -0.4 is 4.90 Å². The van der Waals surface area contributed by atoms with Crippen LogP contribution >= 0.6 is 0 Å². The Morgan fingerprint density at radius 3 is 2.50 bits per heavy atom. The van der Waals surface area contributed by atoms with Gasteiger partial charge in [-0.05, 0) is 18.6 Å². The maximum absolute atomic E-state index is 13.7. The lowest BCUT2D eigenvalue weighted by molar-refractivity contribution is 0.374. The van der Waals surface area contributed by atoms with E-state index in [4.69, 9.17) is 5.41 Å². The highest BCUT2D eigenvalue weighted by Crippen LogP contribution is 2.20. The van der Waals surface area contributed by atoms with Crippen molar-refractivity contribution >= 4 is 11.5 Å². The van der Waals surface area contributed by atoms with Gasteiger partial charge < -0.3 is 9.80 Å². The Labute approximate surface area is 108 Å². The molecule has 3 nitrogen and oxygen atoms in total. The molecular weight excluding hydrogens is 229 g/mol. The van der Waals surface area contributed by atoms with Crippen molar-refractivity contribution in [1.29, 1.82) is 5.41 Å². The quantitative estimate of drug-likeness (QED) is 0.659. The maximum Gasteiger partial charge on any atom is 0.146 e. The summed E-state index contributed by atoms with van der Waals surface area (Å²) in [5, 5.41) is 7.93. The fourth-order valence-corrected chi connectivity index (χ4v) is 2.32. The van der Waals surface area contributed by atoms with Crippen LogP contribution in [0, 0.1) is 11.2 Å². The average Bonchev–Trinajstić information content (AvgIpc) is 2.40. The third-order valence-electron chi connectivity index (χ3n) is 3.34. The second kappa shape index (κ2) is 5.85. The van der Waals surface area contributed by atoms with Crippen LogP contribution in [-0.2, 0) is 0 Å². The van der Waals surface area contributed by atoms with Gasteiger partial charge in [-0.2, -0.15) is 0 Å². The first kappa shape index (κ1) is 12.9. The van der Waals surface area contributed by atoms with Crippen LogP contribution in [0.3, 0.4) is 0 Å². The number of rotatable bonds is 3. The van der Waals surface area contributed by atoms with Crippen molar-refractivity contribution < 1.29 is 4.39 Å². The molecule has 0 radical (unpaired) electrons. The minimum atomic E-state index is -0.158. The molecule has 0 amide bonds. The van der Waals surface area contributed by atoms with Gasteiger partial charge in [-0.15, -0.1) is 0 Å². The average molecular weight is 249 g/mol. The molecule has 0 bridgehead atoms. The summed E-state index contributed by atoms with van der Waals surface area (Å²) in [6.07, 6.45) is 1.84. The number of para-hydroxylation sites is 1. The number of nitrogens with one attached hydrogen (secondary N) is 1. The lowest BCUT2D eigenvalue weighted by Gasteiger charge is -2.37. The van der Waals surface area contributed by atoms with Gasteiger partial charge in [-0.3, -0.25) is 5.41 Å². The van der Waals surface area contributed by atoms with E-state index in [1.807, 2.05) is 12.1 Å². The molecule has 18 heavy (non-hydrogen) atoms. The van der Waals surface area contributed by atoms with Crippen LogP contribution in [0.1, 0.15) is 19.8 Å². The lowest BCUT2D eigenvalue weighted by Crippen LogP contribution is -2.48. The highest BCUT2D eigenvalue weighted by atomic mass is 19.1. The Kier molecular flexibility index (Phi) is 4.18. The minimum absolute atomic E-state index is 0.158. The first-order valence-electron chi connectivity index (χ1n) is 6.54. The Balaban J connectivity index is 1.95. The fraction of sp³-hybridized carbons (Fsp3) is 0.500. The Morgan fingerprint density at radius 1 is 1.22 bits per heavy atom. The minimum Gasteiger partial charge on any atom is -0.366 e. The molecule has 0 aliphatic carbocycles. The number of hydrogen-bond donors (Lipinski definition) is 1. The molecule has 2 rings (SSSR count). The topological polar surface area (TPSA) is 30.3 Å². The largest absolute Gasteiger partial charge is 0.366 e. The lowest BCUT2D eigenvalue weighted by atomic mass is 10.2. The molecule has 98 valence electrons. The zero-order chi connectivity index (χ0) is 13.0. The molecule has 1 fully saturated rings. The molecule has 0 unspecified atom stereocenters. The van der Waals surface area contributed by atoms with Crippen LogP contribution in [0.5, 0.6) is 0 Å². The maximum atomic E-state index is 13.7. The highest BCUT2D eigenvalue weighted by molar-refractivity contribution is 5.79. The Bertz CT molecular complexity index is 411. The van der Waals surface area contributed by atoms with E-state index in [1.165, 1.54) is 6.07 Å². The molecule has 1 heterocycles. The first-order valence-corrected chi connectivity index (χ1v) is 6.54. The summed E-state index contributed by atoms with van der Waals surface area (Å²) in [5.41, 5.74) is 0.680. The summed E-state index contributed by atoms with van der Waals surface area (Å²) < 4.78 is 13.7. The van der Waals surface area contributed by atoms with Gasteiger partial charge in [0, 0.05) is 32.6 Å². The summed E-state index contributed by atoms with van der Waals surface area (Å²) in [7, 11) is 0. The van der Waals surface area contributed by atoms with Gasteiger partial charge in [-0.1, -0.05) is 19.1 Å². The molecule has 1 aromatic rings. The van der Waals surface area contributed by atoms with Crippen molar-refractivity contribution in [3.8, 4) is 0 Å². The van der Waals surface area contributed by atoms with Crippen LogP contribution in [0.4, 0.5) is 10.1 Å². The monoisotopic (exact) mass is 249 g/mol. The zero-order valence-corrected chi connectivity index (χ0v) is 10.8. The number of amidine groups is 1. The van der Waals surface area contributed by atoms with Gasteiger partial charge in [0.05, 0.1) is 11.5 Å². The van der Waals surface area contributed by atoms with Crippen LogP contribution in [0.2, 0.25) is 0 Å². The van der Waals surface area contributed by atoms with Crippen LogP contribution in [0.25, 0.3) is 0 Å². The number of piperazine rings is 1. The van der Waals surface area contributed by atoms with E-state index >= 15 is 0 Å². The van der Waals surface area contributed by atoms with Crippen LogP contribution in [-0.4, -0.2) is 36.9 Å². The van der Waals surface area contributed by atoms with Crippen molar-refractivity contribution in [3.05, 3.63) is 30.1 Å². The molecule has 1 aliphatic heterocycles. The van der Waals surface area contributed by atoms with E-state index in [9.17, 15) is 4.39 Å². The molecule has 1 saturated heterocycles. The smallest absolute Gasteiger partial charge is 0.146 e. The molecule has 0 atom stereocenters. The van der Waals surface area contributed by atoms with Crippen molar-refractivity contribution in [2.45, 2.75) is 19.8 Å². The predicted molar refractivity (Wildman–Crippen MR) is 72.8 cm³/mol. The number of anilines is 1. The number of benzene rings is 1. The summed E-state index contributed by atoms with van der Waals surface area (Å²) in [4.78, 5) is 4.16. The van der Waals surface area contributed by atoms with Gasteiger partial charge in [0.1, 0.15) is 5.82 Å². The third kappa shape index (κ3) is 2.81. The molecule has 1 N–H and O–H groups in total. The van der Waals surface area contributed by atoms with Crippen LogP contribution in [0.15, 0.2) is 24.3 Å². The van der Waals surface area contributed by atoms with E-state index in [0.717, 1.165) is 39.0 Å². The van der Waals surface area contributed by atoms with Gasteiger partial charge in [0.2, 0.25) is 0 Å². The van der Waals surface area contributed by atoms with Gasteiger partial charge in [0.25, 0.3) is 0 Å². The predicted octanol–water partition coefficient (Wildman–Crippen LogP) is 2.73. The zero-order valence-electron chi connectivity index (χ0n) is 10.8.